The molecule has 6 N–H and O–H groups in total. The molecule has 0 radical (unpaired) electrons. The van der Waals surface area contributed by atoms with E-state index in [1.807, 2.05) is 6.07 Å². The Balaban J connectivity index is 1.82. The molecule has 2 aromatic heterocycles. The van der Waals surface area contributed by atoms with Gasteiger partial charge in [-0.1, -0.05) is 23.7 Å². The van der Waals surface area contributed by atoms with Gasteiger partial charge in [-0.15, -0.1) is 0 Å². The summed E-state index contributed by atoms with van der Waals surface area (Å²) in [5.41, 5.74) is 7.91. The number of alkyl halides is 1. The first kappa shape index (κ1) is 26.5. The van der Waals surface area contributed by atoms with Crippen LogP contribution in [-0.2, 0) is 0 Å². The number of nitrogens with zero attached hydrogens (tertiary/aromatic N) is 4. The van der Waals surface area contributed by atoms with E-state index in [-0.39, 0.29) is 27.7 Å². The highest BCUT2D eigenvalue weighted by Gasteiger charge is 2.19. The molecule has 0 amide bonds. The van der Waals surface area contributed by atoms with Crippen molar-refractivity contribution in [3.05, 3.63) is 100 Å². The van der Waals surface area contributed by atoms with E-state index in [2.05, 4.69) is 20.6 Å². The zero-order chi connectivity index (χ0) is 27.4. The van der Waals surface area contributed by atoms with Crippen molar-refractivity contribution in [1.29, 1.82) is 5.26 Å². The fourth-order valence-corrected chi connectivity index (χ4v) is 3.95. The van der Waals surface area contributed by atoms with Crippen LogP contribution in [0.1, 0.15) is 17.2 Å². The van der Waals surface area contributed by atoms with E-state index in [9.17, 15) is 22.8 Å². The maximum Gasteiger partial charge on any atom is 0.249 e. The smallest absolute Gasteiger partial charge is 0.249 e. The highest BCUT2D eigenvalue weighted by molar-refractivity contribution is 6.36. The minimum Gasteiger partial charge on any atom is -0.399 e. The van der Waals surface area contributed by atoms with E-state index >= 15 is 0 Å². The van der Waals surface area contributed by atoms with Gasteiger partial charge in [0.1, 0.15) is 11.9 Å². The normalized spacial score (nSPS) is 12.2. The second-order valence-electron chi connectivity index (χ2n) is 8.03. The molecule has 2 heterocycles. The first-order valence-electron chi connectivity index (χ1n) is 10.9. The van der Waals surface area contributed by atoms with Crippen LogP contribution in [0.4, 0.5) is 34.6 Å². The van der Waals surface area contributed by atoms with Gasteiger partial charge >= 0.3 is 0 Å². The fraction of sp³-hybridized carbons (Fsp3) is 0.0800. The maximum atomic E-state index is 13.8. The number of hydrogen-bond donors (Lipinski definition) is 4. The van der Waals surface area contributed by atoms with Crippen molar-refractivity contribution in [1.82, 2.24) is 15.0 Å². The molecule has 0 bridgehead atoms. The summed E-state index contributed by atoms with van der Waals surface area (Å²) in [5, 5.41) is 17.0. The highest BCUT2D eigenvalue weighted by Crippen LogP contribution is 2.36. The van der Waals surface area contributed by atoms with Crippen LogP contribution in [-0.4, -0.2) is 21.8 Å². The minimum atomic E-state index is -1.27. The Morgan fingerprint density at radius 3 is 2.50 bits per heavy atom. The molecule has 0 fully saturated rings. The lowest BCUT2D eigenvalue weighted by Crippen LogP contribution is -2.28. The van der Waals surface area contributed by atoms with Crippen LogP contribution in [0.2, 0.25) is 5.02 Å². The Kier molecular flexibility index (Phi) is 7.80. The van der Waals surface area contributed by atoms with Crippen LogP contribution in [0.25, 0.3) is 10.9 Å². The summed E-state index contributed by atoms with van der Waals surface area (Å²) < 4.78 is 53.6. The van der Waals surface area contributed by atoms with Crippen molar-refractivity contribution < 1.29 is 17.6 Å². The summed E-state index contributed by atoms with van der Waals surface area (Å²) >= 11 is 6.51. The summed E-state index contributed by atoms with van der Waals surface area (Å²) in [4.78, 5) is 7.59. The van der Waals surface area contributed by atoms with Crippen molar-refractivity contribution >= 4 is 39.6 Å². The molecule has 2 aromatic carbocycles. The van der Waals surface area contributed by atoms with Gasteiger partial charge in [-0.25, -0.2) is 24.0 Å². The van der Waals surface area contributed by atoms with Gasteiger partial charge < -0.3 is 16.4 Å². The van der Waals surface area contributed by atoms with Crippen molar-refractivity contribution in [3.63, 3.8) is 0 Å². The molecular weight excluding hydrogens is 524 g/mol. The molecule has 1 unspecified atom stereocenters. The van der Waals surface area contributed by atoms with E-state index in [1.165, 1.54) is 36.7 Å². The predicted octanol–water partition coefficient (Wildman–Crippen LogP) is 5.37. The van der Waals surface area contributed by atoms with Crippen LogP contribution in [0, 0.1) is 28.9 Å². The number of benzene rings is 2. The molecule has 0 spiro atoms. The average Bonchev–Trinajstić information content (AvgIpc) is 2.90. The number of hydrazine groups is 1. The molecule has 0 saturated carbocycles. The number of pyridine rings is 2. The molecule has 8 nitrogen and oxygen atoms in total. The summed E-state index contributed by atoms with van der Waals surface area (Å²) in [6.45, 7) is -1.00. The topological polar surface area (TPSA) is 129 Å². The van der Waals surface area contributed by atoms with Crippen molar-refractivity contribution in [2.24, 2.45) is 11.6 Å². The Labute approximate surface area is 219 Å². The van der Waals surface area contributed by atoms with Crippen LogP contribution in [0.3, 0.4) is 0 Å². The molecule has 0 aliphatic carbocycles. The average molecular weight is 543 g/mol. The largest absolute Gasteiger partial charge is 0.399 e. The lowest BCUT2D eigenvalue weighted by atomic mass is 10.0. The zero-order valence-electron chi connectivity index (χ0n) is 19.4. The second kappa shape index (κ2) is 11.2. The molecular formula is C25H19ClF4N8. The second-order valence-corrected chi connectivity index (χ2v) is 8.43. The zero-order valence-corrected chi connectivity index (χ0v) is 20.1. The van der Waals surface area contributed by atoms with Gasteiger partial charge in [0.25, 0.3) is 0 Å². The molecule has 1 atom stereocenters. The predicted molar refractivity (Wildman–Crippen MR) is 136 cm³/mol. The third kappa shape index (κ3) is 5.69. The molecule has 4 aromatic rings. The lowest BCUT2D eigenvalue weighted by molar-refractivity contribution is 0.256. The molecule has 13 heteroatoms. The number of nitrogens with one attached hydrogen (secondary N) is 2. The van der Waals surface area contributed by atoms with Gasteiger partial charge in [-0.2, -0.15) is 9.65 Å². The highest BCUT2D eigenvalue weighted by atomic mass is 35.5. The van der Waals surface area contributed by atoms with Crippen LogP contribution in [0.15, 0.2) is 66.8 Å². The molecule has 38 heavy (non-hydrogen) atoms. The molecule has 0 aliphatic heterocycles. The lowest BCUT2D eigenvalue weighted by Gasteiger charge is -2.23. The van der Waals surface area contributed by atoms with Crippen LogP contribution in [0.5, 0.6) is 0 Å². The van der Waals surface area contributed by atoms with E-state index in [0.717, 1.165) is 17.3 Å². The number of fused-ring (bicyclic) bond motifs is 1. The third-order valence-corrected chi connectivity index (χ3v) is 5.70. The molecule has 0 aliphatic rings. The van der Waals surface area contributed by atoms with E-state index in [4.69, 9.17) is 23.2 Å². The quantitative estimate of drug-likeness (QED) is 0.0768. The monoisotopic (exact) mass is 542 g/mol. The van der Waals surface area contributed by atoms with Gasteiger partial charge in [0.05, 0.1) is 45.4 Å². The first-order valence-corrected chi connectivity index (χ1v) is 11.2. The van der Waals surface area contributed by atoms with E-state index in [0.29, 0.717) is 22.2 Å². The number of anilines is 3. The summed E-state index contributed by atoms with van der Waals surface area (Å²) in [7, 11) is 0. The SMILES string of the molecule is N#Cc1cnc2c(Cl)cc(NC(/C(N)=C/N(N)CF)c3ccc(F)cc3)cc2c1Nc1cnc(F)c(F)c1. The number of aromatic nitrogens is 2. The van der Waals surface area contributed by atoms with Gasteiger partial charge in [0.15, 0.2) is 12.6 Å². The number of nitriles is 1. The maximum absolute atomic E-state index is 13.8. The van der Waals surface area contributed by atoms with Crippen molar-refractivity contribution in [2.75, 3.05) is 17.4 Å². The Morgan fingerprint density at radius 1 is 1.11 bits per heavy atom. The molecule has 4 rings (SSSR count). The number of rotatable bonds is 8. The van der Waals surface area contributed by atoms with Crippen LogP contribution < -0.4 is 22.2 Å². The Hall–Kier alpha value is -4.60. The van der Waals surface area contributed by atoms with Gasteiger partial charge in [-0.3, -0.25) is 9.99 Å². The van der Waals surface area contributed by atoms with Crippen molar-refractivity contribution in [3.8, 4) is 6.07 Å². The summed E-state index contributed by atoms with van der Waals surface area (Å²) in [6.07, 6.45) is 3.53. The van der Waals surface area contributed by atoms with E-state index < -0.39 is 30.4 Å². The Bertz CT molecular complexity index is 1560. The minimum absolute atomic E-state index is 0.0769. The third-order valence-electron chi connectivity index (χ3n) is 5.41. The fourth-order valence-electron chi connectivity index (χ4n) is 3.68. The number of hydrogen-bond acceptors (Lipinski definition) is 8. The van der Waals surface area contributed by atoms with Crippen LogP contribution >= 0.6 is 11.6 Å². The van der Waals surface area contributed by atoms with Gasteiger partial charge in [0, 0.05) is 29.5 Å². The van der Waals surface area contributed by atoms with E-state index in [1.54, 1.807) is 12.1 Å². The Morgan fingerprint density at radius 2 is 1.84 bits per heavy atom. The van der Waals surface area contributed by atoms with Gasteiger partial charge in [0.2, 0.25) is 5.95 Å². The number of nitrogens with two attached hydrogens (primary N) is 2. The standard InChI is InChI=1S/C25H19ClF4N8/c26-19-6-16(36-23(21(32)11-38(33)12-27)13-1-3-15(28)4-2-13)5-18-22(14(8-31)9-34-24(18)19)37-17-7-20(29)25(30)35-10-17/h1-7,9-11,23,36H,12,32-33H2,(H,34,37)/b21-11-. The molecule has 0 saturated heterocycles. The van der Waals surface area contributed by atoms with Crippen molar-refractivity contribution in [2.45, 2.75) is 6.04 Å². The first-order chi connectivity index (χ1) is 18.2. The van der Waals surface area contributed by atoms with Gasteiger partial charge in [-0.05, 0) is 29.8 Å². The summed E-state index contributed by atoms with van der Waals surface area (Å²) in [6, 6.07) is 10.7. The summed E-state index contributed by atoms with van der Waals surface area (Å²) in [5.74, 6) is 2.62. The number of halogens is 5. The molecule has 194 valence electrons.